The van der Waals surface area contributed by atoms with Crippen LogP contribution in [0.3, 0.4) is 0 Å². The molecule has 2 aromatic heterocycles. The lowest BCUT2D eigenvalue weighted by atomic mass is 10.1. The summed E-state index contributed by atoms with van der Waals surface area (Å²) in [5.74, 6) is 1.07. The molecule has 1 aromatic carbocycles. The van der Waals surface area contributed by atoms with E-state index in [2.05, 4.69) is 20.2 Å². The summed E-state index contributed by atoms with van der Waals surface area (Å²) in [5, 5.41) is 16.4. The number of hydrogen-bond donors (Lipinski definition) is 3. The molecule has 4 N–H and O–H groups in total. The second-order valence-corrected chi connectivity index (χ2v) is 4.20. The van der Waals surface area contributed by atoms with Crippen molar-refractivity contribution in [3.05, 3.63) is 36.0 Å². The molecule has 0 saturated carbocycles. The number of aliphatic hydroxyl groups excluding tert-OH is 1. The standard InChI is InChI=1S/C13H13N5O2/c14-13-16-11-9(7-15-18-11)12(17-13)20-10-4-2-1-3-8(10)5-6-19/h1-4,7,19H,5-6H2,(H3,14,15,16,17,18). The Labute approximate surface area is 114 Å². The van der Waals surface area contributed by atoms with Gasteiger partial charge in [-0.25, -0.2) is 0 Å². The monoisotopic (exact) mass is 271 g/mol. The van der Waals surface area contributed by atoms with Gasteiger partial charge in [-0.1, -0.05) is 18.2 Å². The van der Waals surface area contributed by atoms with E-state index in [1.54, 1.807) is 6.20 Å². The maximum absolute atomic E-state index is 9.08. The van der Waals surface area contributed by atoms with Gasteiger partial charge in [-0.2, -0.15) is 15.1 Å². The zero-order valence-electron chi connectivity index (χ0n) is 10.6. The zero-order chi connectivity index (χ0) is 13.9. The largest absolute Gasteiger partial charge is 0.438 e. The topological polar surface area (TPSA) is 110 Å². The number of fused-ring (bicyclic) bond motifs is 1. The normalized spacial score (nSPS) is 10.8. The Kier molecular flexibility index (Phi) is 3.18. The Bertz CT molecular complexity index is 740. The number of rotatable bonds is 4. The van der Waals surface area contributed by atoms with Gasteiger partial charge >= 0.3 is 0 Å². The van der Waals surface area contributed by atoms with Crippen molar-refractivity contribution in [3.8, 4) is 11.6 Å². The van der Waals surface area contributed by atoms with Crippen molar-refractivity contribution in [3.63, 3.8) is 0 Å². The summed E-state index contributed by atoms with van der Waals surface area (Å²) in [5.41, 5.74) is 7.06. The lowest BCUT2D eigenvalue weighted by Crippen LogP contribution is -2.00. The Balaban J connectivity index is 2.03. The highest BCUT2D eigenvalue weighted by atomic mass is 16.5. The Morgan fingerprint density at radius 3 is 2.95 bits per heavy atom. The maximum atomic E-state index is 9.08. The van der Waals surface area contributed by atoms with Gasteiger partial charge in [0.1, 0.15) is 11.1 Å². The van der Waals surface area contributed by atoms with Crippen molar-refractivity contribution in [1.82, 2.24) is 20.2 Å². The summed E-state index contributed by atoms with van der Waals surface area (Å²) in [7, 11) is 0. The third-order valence-corrected chi connectivity index (χ3v) is 2.85. The SMILES string of the molecule is Nc1nc(Oc2ccccc2CCO)c2cn[nH]c2n1. The smallest absolute Gasteiger partial charge is 0.235 e. The summed E-state index contributed by atoms with van der Waals surface area (Å²) in [6, 6.07) is 7.45. The molecule has 0 radical (unpaired) electrons. The third-order valence-electron chi connectivity index (χ3n) is 2.85. The molecule has 0 bridgehead atoms. The fourth-order valence-electron chi connectivity index (χ4n) is 1.94. The molecule has 0 atom stereocenters. The van der Waals surface area contributed by atoms with Gasteiger partial charge in [-0.05, 0) is 18.1 Å². The van der Waals surface area contributed by atoms with E-state index in [9.17, 15) is 0 Å². The highest BCUT2D eigenvalue weighted by Crippen LogP contribution is 2.29. The van der Waals surface area contributed by atoms with Crippen molar-refractivity contribution in [2.24, 2.45) is 0 Å². The van der Waals surface area contributed by atoms with Crippen LogP contribution in [0.1, 0.15) is 5.56 Å². The second kappa shape index (κ2) is 5.14. The molecule has 0 fully saturated rings. The molecule has 20 heavy (non-hydrogen) atoms. The van der Waals surface area contributed by atoms with Gasteiger partial charge in [0.15, 0.2) is 5.65 Å². The molecule has 2 heterocycles. The summed E-state index contributed by atoms with van der Waals surface area (Å²) >= 11 is 0. The van der Waals surface area contributed by atoms with Crippen LogP contribution in [0.15, 0.2) is 30.5 Å². The first-order valence-electron chi connectivity index (χ1n) is 6.11. The summed E-state index contributed by atoms with van der Waals surface area (Å²) in [4.78, 5) is 8.12. The Hall–Kier alpha value is -2.67. The molecule has 0 saturated heterocycles. The van der Waals surface area contributed by atoms with Crippen molar-refractivity contribution in [2.75, 3.05) is 12.3 Å². The van der Waals surface area contributed by atoms with Crippen LogP contribution in [0.5, 0.6) is 11.6 Å². The van der Waals surface area contributed by atoms with Crippen LogP contribution >= 0.6 is 0 Å². The molecule has 7 heteroatoms. The zero-order valence-corrected chi connectivity index (χ0v) is 10.6. The van der Waals surface area contributed by atoms with Gasteiger partial charge in [0.2, 0.25) is 11.8 Å². The average molecular weight is 271 g/mol. The number of nitrogens with two attached hydrogens (primary N) is 1. The lowest BCUT2D eigenvalue weighted by Gasteiger charge is -2.10. The average Bonchev–Trinajstić information content (AvgIpc) is 2.89. The maximum Gasteiger partial charge on any atom is 0.235 e. The van der Waals surface area contributed by atoms with Crippen molar-refractivity contribution >= 4 is 17.0 Å². The third kappa shape index (κ3) is 2.26. The summed E-state index contributed by atoms with van der Waals surface area (Å²) in [6.07, 6.45) is 2.09. The summed E-state index contributed by atoms with van der Waals surface area (Å²) in [6.45, 7) is 0.0490. The van der Waals surface area contributed by atoms with Crippen LogP contribution < -0.4 is 10.5 Å². The molecule has 0 amide bonds. The summed E-state index contributed by atoms with van der Waals surface area (Å²) < 4.78 is 5.81. The molecule has 7 nitrogen and oxygen atoms in total. The quantitative estimate of drug-likeness (QED) is 0.659. The van der Waals surface area contributed by atoms with Gasteiger partial charge in [-0.15, -0.1) is 0 Å². The van der Waals surface area contributed by atoms with E-state index in [4.69, 9.17) is 15.6 Å². The molecular formula is C13H13N5O2. The van der Waals surface area contributed by atoms with Gasteiger partial charge in [0.25, 0.3) is 0 Å². The first-order chi connectivity index (χ1) is 9.78. The van der Waals surface area contributed by atoms with Crippen molar-refractivity contribution < 1.29 is 9.84 Å². The van der Waals surface area contributed by atoms with Gasteiger partial charge in [-0.3, -0.25) is 5.10 Å². The van der Waals surface area contributed by atoms with E-state index in [-0.39, 0.29) is 12.6 Å². The number of anilines is 1. The van der Waals surface area contributed by atoms with Crippen LogP contribution in [0, 0.1) is 0 Å². The highest BCUT2D eigenvalue weighted by molar-refractivity contribution is 5.80. The first-order valence-corrected chi connectivity index (χ1v) is 6.11. The minimum absolute atomic E-state index is 0.0490. The molecule has 0 aliphatic heterocycles. The van der Waals surface area contributed by atoms with Crippen molar-refractivity contribution in [1.29, 1.82) is 0 Å². The number of aromatic amines is 1. The van der Waals surface area contributed by atoms with Crippen molar-refractivity contribution in [2.45, 2.75) is 6.42 Å². The molecule has 0 aliphatic carbocycles. The molecule has 3 rings (SSSR count). The van der Waals surface area contributed by atoms with Gasteiger partial charge in [0, 0.05) is 6.61 Å². The minimum atomic E-state index is 0.0490. The number of nitrogen functional groups attached to an aromatic ring is 1. The van der Waals surface area contributed by atoms with Gasteiger partial charge < -0.3 is 15.6 Å². The number of aliphatic hydroxyl groups is 1. The van der Waals surface area contributed by atoms with E-state index in [0.717, 1.165) is 5.56 Å². The van der Waals surface area contributed by atoms with E-state index < -0.39 is 0 Å². The molecule has 102 valence electrons. The van der Waals surface area contributed by atoms with Crippen LogP contribution in [-0.2, 0) is 6.42 Å². The number of ether oxygens (including phenoxy) is 1. The highest BCUT2D eigenvalue weighted by Gasteiger charge is 2.12. The predicted molar refractivity (Wildman–Crippen MR) is 73.4 cm³/mol. The number of aromatic nitrogens is 4. The van der Waals surface area contributed by atoms with Crippen LogP contribution in [-0.4, -0.2) is 31.9 Å². The van der Waals surface area contributed by atoms with Crippen LogP contribution in [0.2, 0.25) is 0 Å². The Morgan fingerprint density at radius 1 is 1.25 bits per heavy atom. The van der Waals surface area contributed by atoms with Crippen LogP contribution in [0.25, 0.3) is 11.0 Å². The Morgan fingerprint density at radius 2 is 2.10 bits per heavy atom. The first kappa shape index (κ1) is 12.4. The number of nitrogens with one attached hydrogen (secondary N) is 1. The molecule has 0 spiro atoms. The number of hydrogen-bond acceptors (Lipinski definition) is 6. The molecule has 0 unspecified atom stereocenters. The number of nitrogens with zero attached hydrogens (tertiary/aromatic N) is 3. The molecule has 0 aliphatic rings. The van der Waals surface area contributed by atoms with E-state index in [1.807, 2.05) is 24.3 Å². The predicted octanol–water partition coefficient (Wildman–Crippen LogP) is 1.26. The molecule has 3 aromatic rings. The van der Waals surface area contributed by atoms with E-state index in [1.165, 1.54) is 0 Å². The van der Waals surface area contributed by atoms with E-state index >= 15 is 0 Å². The van der Waals surface area contributed by atoms with Gasteiger partial charge in [0.05, 0.1) is 6.20 Å². The number of para-hydroxylation sites is 1. The fourth-order valence-corrected chi connectivity index (χ4v) is 1.94. The number of benzene rings is 1. The molecular weight excluding hydrogens is 258 g/mol. The lowest BCUT2D eigenvalue weighted by molar-refractivity contribution is 0.297. The number of H-pyrrole nitrogens is 1. The van der Waals surface area contributed by atoms with Crippen LogP contribution in [0.4, 0.5) is 5.95 Å². The van der Waals surface area contributed by atoms with E-state index in [0.29, 0.717) is 29.1 Å². The fraction of sp³-hybridized carbons (Fsp3) is 0.154. The second-order valence-electron chi connectivity index (χ2n) is 4.20. The minimum Gasteiger partial charge on any atom is -0.438 e.